The van der Waals surface area contributed by atoms with Gasteiger partial charge < -0.3 is 10.4 Å². The summed E-state index contributed by atoms with van der Waals surface area (Å²) in [5.41, 5.74) is 2.11. The molecular formula is C19H28N2O2. The number of piperidine rings is 1. The van der Waals surface area contributed by atoms with Gasteiger partial charge in [-0.15, -0.1) is 0 Å². The minimum atomic E-state index is -0.477. The molecule has 0 aromatic heterocycles. The predicted octanol–water partition coefficient (Wildman–Crippen LogP) is 3.16. The van der Waals surface area contributed by atoms with Crippen LogP contribution in [0.3, 0.4) is 0 Å². The van der Waals surface area contributed by atoms with Crippen LogP contribution in [0.2, 0.25) is 0 Å². The Labute approximate surface area is 138 Å². The molecule has 2 aliphatic rings. The van der Waals surface area contributed by atoms with Gasteiger partial charge in [-0.05, 0) is 63.3 Å². The number of benzene rings is 1. The van der Waals surface area contributed by atoms with Crippen molar-refractivity contribution in [2.45, 2.75) is 64.1 Å². The van der Waals surface area contributed by atoms with Crippen LogP contribution in [0, 0.1) is 5.92 Å². The van der Waals surface area contributed by atoms with E-state index >= 15 is 0 Å². The Morgan fingerprint density at radius 2 is 1.96 bits per heavy atom. The Kier molecular flexibility index (Phi) is 5.34. The first-order chi connectivity index (χ1) is 11.1. The van der Waals surface area contributed by atoms with Gasteiger partial charge in [-0.3, -0.25) is 9.69 Å². The third-order valence-corrected chi connectivity index (χ3v) is 5.36. The summed E-state index contributed by atoms with van der Waals surface area (Å²) in [6.07, 6.45) is 5.92. The average molecular weight is 316 g/mol. The van der Waals surface area contributed by atoms with Crippen LogP contribution in [0.5, 0.6) is 0 Å². The molecule has 4 heteroatoms. The van der Waals surface area contributed by atoms with E-state index in [1.807, 2.05) is 12.1 Å². The normalized spacial score (nSPS) is 28.7. The number of likely N-dealkylation sites (tertiary alicyclic amines) is 1. The lowest BCUT2D eigenvalue weighted by Gasteiger charge is -2.33. The predicted molar refractivity (Wildman–Crippen MR) is 92.1 cm³/mol. The number of nitrogens with zero attached hydrogens (tertiary/aromatic N) is 1. The third-order valence-electron chi connectivity index (χ3n) is 5.36. The zero-order chi connectivity index (χ0) is 16.2. The van der Waals surface area contributed by atoms with Crippen molar-refractivity contribution in [2.24, 2.45) is 5.92 Å². The van der Waals surface area contributed by atoms with Crippen molar-refractivity contribution in [2.75, 3.05) is 11.9 Å². The van der Waals surface area contributed by atoms with Crippen molar-refractivity contribution in [1.82, 2.24) is 4.90 Å². The zero-order valence-corrected chi connectivity index (χ0v) is 14.0. The van der Waals surface area contributed by atoms with Crippen molar-refractivity contribution < 1.29 is 9.90 Å². The summed E-state index contributed by atoms with van der Waals surface area (Å²) >= 11 is 0. The van der Waals surface area contributed by atoms with Gasteiger partial charge >= 0.3 is 0 Å². The number of aliphatic hydroxyl groups is 1. The number of aliphatic hydroxyl groups excluding tert-OH is 1. The number of nitrogens with one attached hydrogen (secondary N) is 1. The molecule has 3 atom stereocenters. The van der Waals surface area contributed by atoms with E-state index in [1.54, 1.807) is 0 Å². The van der Waals surface area contributed by atoms with Gasteiger partial charge in [0.05, 0.1) is 12.0 Å². The molecule has 0 spiro atoms. The average Bonchev–Trinajstić information content (AvgIpc) is 2.98. The smallest absolute Gasteiger partial charge is 0.230 e. The van der Waals surface area contributed by atoms with Gasteiger partial charge in [0.15, 0.2) is 0 Å². The van der Waals surface area contributed by atoms with Crippen molar-refractivity contribution in [3.05, 3.63) is 29.8 Å². The quantitative estimate of drug-likeness (QED) is 0.897. The number of rotatable bonds is 4. The number of carbonyl (C=O) groups excluding carboxylic acids is 1. The topological polar surface area (TPSA) is 52.6 Å². The van der Waals surface area contributed by atoms with Gasteiger partial charge in [0.25, 0.3) is 0 Å². The zero-order valence-electron chi connectivity index (χ0n) is 14.0. The standard InChI is InChI=1S/C19H28N2O2/c1-14-5-2-3-12-21(14)13-15-8-10-16(11-9-15)20-19(23)17-6-4-7-18(17)22/h8-11,14,17-18,22H,2-7,12-13H2,1H3,(H,20,23). The van der Waals surface area contributed by atoms with Gasteiger partial charge in [0, 0.05) is 18.3 Å². The first kappa shape index (κ1) is 16.5. The summed E-state index contributed by atoms with van der Waals surface area (Å²) in [5.74, 6) is -0.295. The molecular weight excluding hydrogens is 288 g/mol. The number of hydrogen-bond acceptors (Lipinski definition) is 3. The van der Waals surface area contributed by atoms with Gasteiger partial charge in [0.2, 0.25) is 5.91 Å². The highest BCUT2D eigenvalue weighted by molar-refractivity contribution is 5.93. The molecule has 1 aliphatic carbocycles. The molecule has 1 aliphatic heterocycles. The second-order valence-electron chi connectivity index (χ2n) is 7.11. The lowest BCUT2D eigenvalue weighted by Crippen LogP contribution is -2.36. The van der Waals surface area contributed by atoms with E-state index in [9.17, 15) is 9.90 Å². The summed E-state index contributed by atoms with van der Waals surface area (Å²) < 4.78 is 0. The Hall–Kier alpha value is -1.39. The molecule has 2 N–H and O–H groups in total. The molecule has 3 rings (SSSR count). The van der Waals surface area contributed by atoms with E-state index < -0.39 is 6.10 Å². The largest absolute Gasteiger partial charge is 0.392 e. The van der Waals surface area contributed by atoms with Crippen molar-refractivity contribution >= 4 is 11.6 Å². The maximum absolute atomic E-state index is 12.2. The molecule has 1 aromatic carbocycles. The summed E-state index contributed by atoms with van der Waals surface area (Å²) in [6, 6.07) is 8.81. The van der Waals surface area contributed by atoms with Crippen LogP contribution in [-0.4, -0.2) is 34.6 Å². The maximum atomic E-state index is 12.2. The Balaban J connectivity index is 1.55. The van der Waals surface area contributed by atoms with Gasteiger partial charge in [0.1, 0.15) is 0 Å². The van der Waals surface area contributed by atoms with E-state index in [-0.39, 0.29) is 11.8 Å². The van der Waals surface area contributed by atoms with Crippen molar-refractivity contribution in [3.63, 3.8) is 0 Å². The fourth-order valence-electron chi connectivity index (χ4n) is 3.80. The van der Waals surface area contributed by atoms with Crippen LogP contribution >= 0.6 is 0 Å². The molecule has 1 heterocycles. The summed E-state index contributed by atoms with van der Waals surface area (Å²) in [5, 5.41) is 12.8. The van der Waals surface area contributed by atoms with E-state index in [2.05, 4.69) is 29.3 Å². The van der Waals surface area contributed by atoms with Gasteiger partial charge in [-0.1, -0.05) is 18.6 Å². The fourth-order valence-corrected chi connectivity index (χ4v) is 3.80. The van der Waals surface area contributed by atoms with E-state index in [1.165, 1.54) is 31.4 Å². The fraction of sp³-hybridized carbons (Fsp3) is 0.632. The van der Waals surface area contributed by atoms with Crippen molar-refractivity contribution in [1.29, 1.82) is 0 Å². The SMILES string of the molecule is CC1CCCCN1Cc1ccc(NC(=O)C2CCCC2O)cc1. The molecule has 126 valence electrons. The maximum Gasteiger partial charge on any atom is 0.230 e. The molecule has 1 aromatic rings. The lowest BCUT2D eigenvalue weighted by atomic mass is 10.0. The van der Waals surface area contributed by atoms with Gasteiger partial charge in [-0.25, -0.2) is 0 Å². The summed E-state index contributed by atoms with van der Waals surface area (Å²) in [4.78, 5) is 14.7. The Morgan fingerprint density at radius 3 is 2.61 bits per heavy atom. The van der Waals surface area contributed by atoms with Crippen LogP contribution in [-0.2, 0) is 11.3 Å². The Morgan fingerprint density at radius 1 is 1.17 bits per heavy atom. The molecule has 1 saturated heterocycles. The first-order valence-corrected chi connectivity index (χ1v) is 8.95. The molecule has 0 radical (unpaired) electrons. The third kappa shape index (κ3) is 4.12. The first-order valence-electron chi connectivity index (χ1n) is 8.95. The monoisotopic (exact) mass is 316 g/mol. The molecule has 4 nitrogen and oxygen atoms in total. The number of amides is 1. The number of carbonyl (C=O) groups is 1. The minimum absolute atomic E-state index is 0.0487. The molecule has 3 unspecified atom stereocenters. The van der Waals surface area contributed by atoms with Crippen LogP contribution < -0.4 is 5.32 Å². The highest BCUT2D eigenvalue weighted by Crippen LogP contribution is 2.27. The molecule has 1 amide bonds. The van der Waals surface area contributed by atoms with E-state index in [0.717, 1.165) is 31.5 Å². The van der Waals surface area contributed by atoms with Crippen LogP contribution in [0.1, 0.15) is 51.0 Å². The van der Waals surface area contributed by atoms with Crippen molar-refractivity contribution in [3.8, 4) is 0 Å². The second-order valence-corrected chi connectivity index (χ2v) is 7.11. The van der Waals surface area contributed by atoms with Crippen LogP contribution in [0.4, 0.5) is 5.69 Å². The molecule has 2 fully saturated rings. The summed E-state index contributed by atoms with van der Waals surface area (Å²) in [6.45, 7) is 4.47. The lowest BCUT2D eigenvalue weighted by molar-refractivity contribution is -0.122. The number of hydrogen-bond donors (Lipinski definition) is 2. The minimum Gasteiger partial charge on any atom is -0.392 e. The van der Waals surface area contributed by atoms with E-state index in [0.29, 0.717) is 6.04 Å². The second kappa shape index (κ2) is 7.45. The van der Waals surface area contributed by atoms with Crippen LogP contribution in [0.15, 0.2) is 24.3 Å². The highest BCUT2D eigenvalue weighted by Gasteiger charge is 2.31. The van der Waals surface area contributed by atoms with E-state index in [4.69, 9.17) is 0 Å². The molecule has 23 heavy (non-hydrogen) atoms. The highest BCUT2D eigenvalue weighted by atomic mass is 16.3. The number of anilines is 1. The molecule has 1 saturated carbocycles. The molecule has 0 bridgehead atoms. The summed E-state index contributed by atoms with van der Waals surface area (Å²) in [7, 11) is 0. The van der Waals surface area contributed by atoms with Gasteiger partial charge in [-0.2, -0.15) is 0 Å². The van der Waals surface area contributed by atoms with Crippen LogP contribution in [0.25, 0.3) is 0 Å². The Bertz CT molecular complexity index is 529.